The molecule has 7 heteroatoms. The van der Waals surface area contributed by atoms with Crippen molar-refractivity contribution in [1.82, 2.24) is 9.78 Å². The van der Waals surface area contributed by atoms with Crippen LogP contribution in [0.1, 0.15) is 43.2 Å². The predicted molar refractivity (Wildman–Crippen MR) is 110 cm³/mol. The molecule has 0 radical (unpaired) electrons. The smallest absolute Gasteiger partial charge is 0.382 e. The van der Waals surface area contributed by atoms with Crippen molar-refractivity contribution in [3.8, 4) is 0 Å². The summed E-state index contributed by atoms with van der Waals surface area (Å²) in [4.78, 5) is 12.1. The number of benzene rings is 2. The zero-order valence-electron chi connectivity index (χ0n) is 17.0. The van der Waals surface area contributed by atoms with Crippen LogP contribution in [0.25, 0.3) is 10.9 Å². The highest BCUT2D eigenvalue weighted by Crippen LogP contribution is 2.34. The van der Waals surface area contributed by atoms with Crippen molar-refractivity contribution in [3.63, 3.8) is 0 Å². The van der Waals surface area contributed by atoms with Crippen LogP contribution < -0.4 is 0 Å². The van der Waals surface area contributed by atoms with Crippen LogP contribution >= 0.6 is 11.6 Å². The number of alkyl halides is 2. The Labute approximate surface area is 173 Å². The summed E-state index contributed by atoms with van der Waals surface area (Å²) in [6, 6.07) is 9.66. The maximum atomic E-state index is 14.8. The minimum atomic E-state index is -3.77. The van der Waals surface area contributed by atoms with Crippen LogP contribution in [0.3, 0.4) is 0 Å². The number of ether oxygens (including phenoxy) is 1. The second-order valence-corrected chi connectivity index (χ2v) is 8.49. The molecule has 0 aliphatic rings. The fourth-order valence-electron chi connectivity index (χ4n) is 3.13. The minimum absolute atomic E-state index is 0.331. The molecule has 2 aromatic carbocycles. The Bertz CT molecular complexity index is 1060. The molecule has 3 rings (SSSR count). The van der Waals surface area contributed by atoms with Crippen LogP contribution in [0.15, 0.2) is 36.4 Å². The Morgan fingerprint density at radius 3 is 2.48 bits per heavy atom. The number of aryl methyl sites for hydroxylation is 2. The van der Waals surface area contributed by atoms with Crippen molar-refractivity contribution in [2.24, 2.45) is 0 Å². The number of fused-ring (bicyclic) bond motifs is 1. The highest BCUT2D eigenvalue weighted by molar-refractivity contribution is 6.31. The van der Waals surface area contributed by atoms with Crippen LogP contribution in [0.4, 0.5) is 8.78 Å². The fraction of sp³-hybridized carbons (Fsp3) is 0.364. The van der Waals surface area contributed by atoms with E-state index in [2.05, 4.69) is 5.10 Å². The summed E-state index contributed by atoms with van der Waals surface area (Å²) < 4.78 is 36.1. The molecule has 29 heavy (non-hydrogen) atoms. The molecule has 0 unspecified atom stereocenters. The van der Waals surface area contributed by atoms with Gasteiger partial charge in [-0.1, -0.05) is 35.9 Å². The molecule has 0 aliphatic carbocycles. The van der Waals surface area contributed by atoms with Gasteiger partial charge in [-0.3, -0.25) is 4.68 Å². The molecule has 1 aromatic heterocycles. The maximum Gasteiger partial charge on any atom is 0.382 e. The lowest BCUT2D eigenvalue weighted by atomic mass is 10.0. The molecule has 1 heterocycles. The van der Waals surface area contributed by atoms with Gasteiger partial charge in [0.25, 0.3) is 0 Å². The molecule has 0 bridgehead atoms. The number of esters is 1. The van der Waals surface area contributed by atoms with Crippen LogP contribution in [0, 0.1) is 13.8 Å². The number of carbonyl (C=O) groups is 1. The van der Waals surface area contributed by atoms with Gasteiger partial charge >= 0.3 is 11.9 Å². The van der Waals surface area contributed by atoms with Gasteiger partial charge in [-0.05, 0) is 57.9 Å². The molecule has 3 aromatic rings. The maximum absolute atomic E-state index is 14.8. The average molecular weight is 421 g/mol. The first kappa shape index (κ1) is 21.2. The first-order chi connectivity index (χ1) is 13.4. The topological polar surface area (TPSA) is 44.1 Å². The Hall–Kier alpha value is -2.47. The summed E-state index contributed by atoms with van der Waals surface area (Å²) in [5, 5.41) is 5.81. The number of hydrogen-bond acceptors (Lipinski definition) is 3. The highest BCUT2D eigenvalue weighted by atomic mass is 35.5. The van der Waals surface area contributed by atoms with Gasteiger partial charge in [-0.15, -0.1) is 0 Å². The lowest BCUT2D eigenvalue weighted by Gasteiger charge is -2.23. The third-order valence-corrected chi connectivity index (χ3v) is 4.97. The first-order valence-electron chi connectivity index (χ1n) is 9.23. The normalized spacial score (nSPS) is 12.4. The van der Waals surface area contributed by atoms with Crippen molar-refractivity contribution >= 4 is 28.5 Å². The monoisotopic (exact) mass is 420 g/mol. The highest BCUT2D eigenvalue weighted by Gasteiger charge is 2.44. The van der Waals surface area contributed by atoms with Gasteiger partial charge < -0.3 is 4.74 Å². The van der Waals surface area contributed by atoms with Crippen LogP contribution in [0.5, 0.6) is 0 Å². The second-order valence-electron chi connectivity index (χ2n) is 8.09. The van der Waals surface area contributed by atoms with E-state index in [0.29, 0.717) is 22.8 Å². The zero-order valence-corrected chi connectivity index (χ0v) is 17.8. The Kier molecular flexibility index (Phi) is 5.43. The molecule has 0 N–H and O–H groups in total. The summed E-state index contributed by atoms with van der Waals surface area (Å²) >= 11 is 6.32. The molecule has 0 saturated heterocycles. The van der Waals surface area contributed by atoms with Gasteiger partial charge in [-0.2, -0.15) is 13.9 Å². The van der Waals surface area contributed by atoms with Gasteiger partial charge in [0.2, 0.25) is 0 Å². The summed E-state index contributed by atoms with van der Waals surface area (Å²) in [6.07, 6.45) is 0. The van der Waals surface area contributed by atoms with Gasteiger partial charge in [0.15, 0.2) is 0 Å². The molecule has 0 amide bonds. The molecule has 0 fully saturated rings. The van der Waals surface area contributed by atoms with E-state index in [1.807, 2.05) is 26.0 Å². The molecule has 0 atom stereocenters. The lowest BCUT2D eigenvalue weighted by Crippen LogP contribution is -2.34. The Morgan fingerprint density at radius 2 is 1.86 bits per heavy atom. The summed E-state index contributed by atoms with van der Waals surface area (Å²) in [6.45, 7) is 8.72. The number of halogens is 3. The SMILES string of the molecule is Cc1cccc(Cl)c1Cn1nc(C)c2ccc(C(F)(F)C(=O)OC(C)(C)C)cc21. The van der Waals surface area contributed by atoms with Crippen molar-refractivity contribution in [2.45, 2.75) is 52.7 Å². The van der Waals surface area contributed by atoms with Crippen molar-refractivity contribution in [2.75, 3.05) is 0 Å². The Morgan fingerprint density at radius 1 is 1.17 bits per heavy atom. The molecule has 154 valence electrons. The van der Waals surface area contributed by atoms with Crippen molar-refractivity contribution < 1.29 is 18.3 Å². The number of nitrogens with zero attached hydrogens (tertiary/aromatic N) is 2. The van der Waals surface area contributed by atoms with Crippen molar-refractivity contribution in [3.05, 3.63) is 63.8 Å². The molecule has 0 spiro atoms. The Balaban J connectivity index is 2.05. The van der Waals surface area contributed by atoms with Gasteiger partial charge in [0.1, 0.15) is 5.60 Å². The van der Waals surface area contributed by atoms with E-state index in [4.69, 9.17) is 16.3 Å². The van der Waals surface area contributed by atoms with E-state index >= 15 is 0 Å². The van der Waals surface area contributed by atoms with E-state index in [-0.39, 0.29) is 0 Å². The molecule has 0 aliphatic heterocycles. The number of hydrogen-bond donors (Lipinski definition) is 0. The van der Waals surface area contributed by atoms with E-state index in [1.54, 1.807) is 37.6 Å². The van der Waals surface area contributed by atoms with E-state index < -0.39 is 23.1 Å². The van der Waals surface area contributed by atoms with E-state index in [9.17, 15) is 13.6 Å². The number of rotatable bonds is 4. The minimum Gasteiger partial charge on any atom is -0.455 e. The van der Waals surface area contributed by atoms with Gasteiger partial charge in [-0.25, -0.2) is 4.79 Å². The predicted octanol–water partition coefficient (Wildman–Crippen LogP) is 5.79. The first-order valence-corrected chi connectivity index (χ1v) is 9.61. The summed E-state index contributed by atoms with van der Waals surface area (Å²) in [5.41, 5.74) is 1.61. The van der Waals surface area contributed by atoms with Crippen LogP contribution in [-0.4, -0.2) is 21.4 Å². The molecule has 4 nitrogen and oxygen atoms in total. The fourth-order valence-corrected chi connectivity index (χ4v) is 3.41. The largest absolute Gasteiger partial charge is 0.455 e. The molecular formula is C22H23ClF2N2O2. The van der Waals surface area contributed by atoms with E-state index in [1.165, 1.54) is 12.1 Å². The quantitative estimate of drug-likeness (QED) is 0.502. The van der Waals surface area contributed by atoms with Crippen molar-refractivity contribution in [1.29, 1.82) is 0 Å². The van der Waals surface area contributed by atoms with Gasteiger partial charge in [0, 0.05) is 16.0 Å². The van der Waals surface area contributed by atoms with E-state index in [0.717, 1.165) is 16.5 Å². The number of aromatic nitrogens is 2. The third kappa shape index (κ3) is 4.27. The molecule has 0 saturated carbocycles. The zero-order chi connectivity index (χ0) is 21.6. The summed E-state index contributed by atoms with van der Waals surface area (Å²) in [5.74, 6) is -5.35. The number of carbonyl (C=O) groups excluding carboxylic acids is 1. The van der Waals surface area contributed by atoms with Crippen LogP contribution in [-0.2, 0) is 22.0 Å². The molecular weight excluding hydrogens is 398 g/mol. The lowest BCUT2D eigenvalue weighted by molar-refractivity contribution is -0.185. The van der Waals surface area contributed by atoms with Crippen LogP contribution in [0.2, 0.25) is 5.02 Å². The second kappa shape index (κ2) is 7.41. The summed E-state index contributed by atoms with van der Waals surface area (Å²) in [7, 11) is 0. The average Bonchev–Trinajstić information content (AvgIpc) is 2.92. The van der Waals surface area contributed by atoms with Gasteiger partial charge in [0.05, 0.1) is 17.8 Å². The third-order valence-electron chi connectivity index (χ3n) is 4.62. The standard InChI is InChI=1S/C22H23ClF2N2O2/c1-13-7-6-8-18(23)17(13)12-27-19-11-15(9-10-16(19)14(2)26-27)22(24,25)20(28)29-21(3,4)5/h6-11H,12H2,1-5H3.